The molecule has 2 aromatic rings. The van der Waals surface area contributed by atoms with Crippen LogP contribution in [0.15, 0.2) is 35.6 Å². The number of nitrogens with one attached hydrogen (secondary N) is 2. The van der Waals surface area contributed by atoms with Crippen molar-refractivity contribution in [2.24, 2.45) is 7.05 Å². The van der Waals surface area contributed by atoms with Crippen LogP contribution in [0.4, 0.5) is 0 Å². The molecule has 0 aliphatic heterocycles. The van der Waals surface area contributed by atoms with Crippen LogP contribution in [0.1, 0.15) is 35.3 Å². The van der Waals surface area contributed by atoms with Crippen LogP contribution in [0, 0.1) is 0 Å². The van der Waals surface area contributed by atoms with Gasteiger partial charge in [0.2, 0.25) is 5.78 Å². The van der Waals surface area contributed by atoms with Crippen LogP contribution in [0.5, 0.6) is 0 Å². The minimum Gasteiger partial charge on any atom is -0.384 e. The minimum absolute atomic E-state index is 0.134. The zero-order chi connectivity index (χ0) is 26.0. The number of imidazole rings is 1. The predicted octanol–water partition coefficient (Wildman–Crippen LogP) is -0.807. The molecule has 2 heterocycles. The Morgan fingerprint density at radius 3 is 2.54 bits per heavy atom. The lowest BCUT2D eigenvalue weighted by molar-refractivity contribution is -0.137. The molecular formula is C23H29N5O7. The maximum absolute atomic E-state index is 13.1. The summed E-state index contributed by atoms with van der Waals surface area (Å²) in [6.07, 6.45) is 3.58. The molecule has 0 unspecified atom stereocenters. The number of aryl methyl sites for hydroxylation is 1. The Kier molecular flexibility index (Phi) is 10.2. The zero-order valence-corrected chi connectivity index (χ0v) is 19.9. The molecule has 0 aromatic carbocycles. The molecule has 0 spiro atoms. The first-order chi connectivity index (χ1) is 16.7. The number of nitrogens with zero attached hydrogens (tertiary/aromatic N) is 3. The molecule has 12 nitrogen and oxygen atoms in total. The van der Waals surface area contributed by atoms with E-state index in [1.165, 1.54) is 48.1 Å². The van der Waals surface area contributed by atoms with Crippen LogP contribution in [0.25, 0.3) is 0 Å². The summed E-state index contributed by atoms with van der Waals surface area (Å²) in [5.74, 6) is -2.86. The molecule has 0 radical (unpaired) electrons. The van der Waals surface area contributed by atoms with Gasteiger partial charge in [0.25, 0.3) is 17.4 Å². The molecule has 0 fully saturated rings. The second-order valence-corrected chi connectivity index (χ2v) is 7.85. The van der Waals surface area contributed by atoms with Crippen molar-refractivity contribution in [1.82, 2.24) is 24.8 Å². The summed E-state index contributed by atoms with van der Waals surface area (Å²) in [4.78, 5) is 78.0. The van der Waals surface area contributed by atoms with Gasteiger partial charge in [-0.1, -0.05) is 6.07 Å². The number of amides is 2. The lowest BCUT2D eigenvalue weighted by Crippen LogP contribution is -2.43. The van der Waals surface area contributed by atoms with E-state index in [0.717, 1.165) is 0 Å². The van der Waals surface area contributed by atoms with Crippen molar-refractivity contribution in [3.05, 3.63) is 52.5 Å². The summed E-state index contributed by atoms with van der Waals surface area (Å²) >= 11 is 0. The SMILES string of the molecule is CNC(=O)C(=O)CC[C@H](NC(=O)c1cncn1C)C(=O)Cc1cccn(CC(=O)CCOC)c1=O. The summed E-state index contributed by atoms with van der Waals surface area (Å²) in [6, 6.07) is 1.88. The van der Waals surface area contributed by atoms with Crippen molar-refractivity contribution in [2.75, 3.05) is 20.8 Å². The van der Waals surface area contributed by atoms with Gasteiger partial charge in [-0.15, -0.1) is 0 Å². The number of hydrogen-bond acceptors (Lipinski definition) is 8. The molecule has 188 valence electrons. The van der Waals surface area contributed by atoms with Gasteiger partial charge in [0, 0.05) is 52.2 Å². The van der Waals surface area contributed by atoms with Crippen LogP contribution in [0.2, 0.25) is 0 Å². The number of Topliss-reactive ketones (excluding diaryl/α,β-unsaturated/α-hetero) is 3. The summed E-state index contributed by atoms with van der Waals surface area (Å²) in [6.45, 7) is 0.0735. The molecule has 12 heteroatoms. The van der Waals surface area contributed by atoms with E-state index in [0.29, 0.717) is 0 Å². The molecule has 0 saturated heterocycles. The molecule has 1 atom stereocenters. The number of hydrogen-bond donors (Lipinski definition) is 2. The Bertz CT molecular complexity index is 1150. The van der Waals surface area contributed by atoms with Gasteiger partial charge in [-0.3, -0.25) is 28.8 Å². The molecule has 0 aliphatic carbocycles. The Labute approximate surface area is 201 Å². The first-order valence-corrected chi connectivity index (χ1v) is 10.9. The van der Waals surface area contributed by atoms with Gasteiger partial charge >= 0.3 is 0 Å². The highest BCUT2D eigenvalue weighted by Crippen LogP contribution is 2.07. The maximum Gasteiger partial charge on any atom is 0.287 e. The molecule has 2 rings (SSSR count). The van der Waals surface area contributed by atoms with Gasteiger partial charge in [-0.05, 0) is 12.5 Å². The smallest absolute Gasteiger partial charge is 0.287 e. The number of methoxy groups -OCH3 is 1. The number of carbonyl (C=O) groups excluding carboxylic acids is 5. The molecule has 2 N–H and O–H groups in total. The molecule has 2 aromatic heterocycles. The number of pyridine rings is 1. The van der Waals surface area contributed by atoms with E-state index in [1.807, 2.05) is 0 Å². The van der Waals surface area contributed by atoms with E-state index < -0.39 is 35.0 Å². The van der Waals surface area contributed by atoms with Gasteiger partial charge in [0.1, 0.15) is 5.69 Å². The Hall–Kier alpha value is -3.93. The summed E-state index contributed by atoms with van der Waals surface area (Å²) in [7, 11) is 4.39. The number of ether oxygens (including phenoxy) is 1. The van der Waals surface area contributed by atoms with Gasteiger partial charge < -0.3 is 24.5 Å². The third-order valence-electron chi connectivity index (χ3n) is 5.28. The van der Waals surface area contributed by atoms with Crippen LogP contribution in [0.3, 0.4) is 0 Å². The number of likely N-dealkylation sites (N-methyl/N-ethyl adjacent to an activating group) is 1. The molecule has 0 bridgehead atoms. The first kappa shape index (κ1) is 27.3. The van der Waals surface area contributed by atoms with Crippen LogP contribution < -0.4 is 16.2 Å². The van der Waals surface area contributed by atoms with Crippen LogP contribution >= 0.6 is 0 Å². The van der Waals surface area contributed by atoms with Crippen molar-refractivity contribution in [2.45, 2.75) is 38.3 Å². The predicted molar refractivity (Wildman–Crippen MR) is 124 cm³/mol. The largest absolute Gasteiger partial charge is 0.384 e. The van der Waals surface area contributed by atoms with E-state index >= 15 is 0 Å². The maximum atomic E-state index is 13.1. The van der Waals surface area contributed by atoms with E-state index in [4.69, 9.17) is 4.74 Å². The summed E-state index contributed by atoms with van der Waals surface area (Å²) in [5, 5.41) is 4.79. The van der Waals surface area contributed by atoms with Crippen molar-refractivity contribution in [3.8, 4) is 0 Å². The van der Waals surface area contributed by atoms with Crippen LogP contribution in [-0.4, -0.2) is 70.1 Å². The summed E-state index contributed by atoms with van der Waals surface area (Å²) in [5.41, 5.74) is -0.184. The highest BCUT2D eigenvalue weighted by molar-refractivity contribution is 6.36. The molecule has 35 heavy (non-hydrogen) atoms. The highest BCUT2D eigenvalue weighted by atomic mass is 16.5. The van der Waals surface area contributed by atoms with Crippen molar-refractivity contribution in [1.29, 1.82) is 0 Å². The first-order valence-electron chi connectivity index (χ1n) is 10.9. The number of carbonyl (C=O) groups is 5. The van der Waals surface area contributed by atoms with Crippen molar-refractivity contribution in [3.63, 3.8) is 0 Å². The van der Waals surface area contributed by atoms with Gasteiger partial charge in [-0.25, -0.2) is 4.98 Å². The number of rotatable bonds is 14. The van der Waals surface area contributed by atoms with E-state index in [1.54, 1.807) is 13.1 Å². The Balaban J connectivity index is 2.20. The fraction of sp³-hybridized carbons (Fsp3) is 0.435. The van der Waals surface area contributed by atoms with E-state index in [2.05, 4.69) is 15.6 Å². The van der Waals surface area contributed by atoms with Gasteiger partial charge in [0.05, 0.1) is 31.7 Å². The molecule has 2 amide bonds. The van der Waals surface area contributed by atoms with Crippen molar-refractivity contribution < 1.29 is 28.7 Å². The number of ketones is 3. The van der Waals surface area contributed by atoms with Gasteiger partial charge in [-0.2, -0.15) is 0 Å². The van der Waals surface area contributed by atoms with Gasteiger partial charge in [0.15, 0.2) is 11.6 Å². The fourth-order valence-electron chi connectivity index (χ4n) is 3.29. The zero-order valence-electron chi connectivity index (χ0n) is 19.9. The topological polar surface area (TPSA) is 158 Å². The van der Waals surface area contributed by atoms with E-state index in [-0.39, 0.29) is 55.9 Å². The third-order valence-corrected chi connectivity index (χ3v) is 5.28. The van der Waals surface area contributed by atoms with Crippen molar-refractivity contribution >= 4 is 29.2 Å². The Morgan fingerprint density at radius 1 is 1.17 bits per heavy atom. The Morgan fingerprint density at radius 2 is 1.91 bits per heavy atom. The molecule has 0 saturated carbocycles. The molecular weight excluding hydrogens is 458 g/mol. The minimum atomic E-state index is -1.14. The third kappa shape index (κ3) is 7.81. The lowest BCUT2D eigenvalue weighted by atomic mass is 9.99. The average molecular weight is 488 g/mol. The monoisotopic (exact) mass is 487 g/mol. The second kappa shape index (κ2) is 13.1. The quantitative estimate of drug-likeness (QED) is 0.328. The summed E-state index contributed by atoms with van der Waals surface area (Å²) < 4.78 is 7.54. The molecule has 0 aliphatic rings. The number of aromatic nitrogens is 3. The lowest BCUT2D eigenvalue weighted by Gasteiger charge is -2.18. The fourth-order valence-corrected chi connectivity index (χ4v) is 3.29. The van der Waals surface area contributed by atoms with Crippen LogP contribution in [-0.2, 0) is 43.9 Å². The average Bonchev–Trinajstić information content (AvgIpc) is 3.27. The standard InChI is InChI=1S/C23H29N5O7/c1-24-22(33)19(30)7-6-17(26-21(32)18-12-25-14-27(18)2)20(31)11-15-5-4-9-28(23(15)34)13-16(29)8-10-35-3/h4-5,9,12,14,17H,6-8,10-11,13H2,1-3H3,(H,24,33)(H,26,32)/t17-/m0/s1. The second-order valence-electron chi connectivity index (χ2n) is 7.85. The normalized spacial score (nSPS) is 11.5. The van der Waals surface area contributed by atoms with E-state index in [9.17, 15) is 28.8 Å². The highest BCUT2D eigenvalue weighted by Gasteiger charge is 2.25.